The second-order valence-electron chi connectivity index (χ2n) is 4.79. The molecule has 0 bridgehead atoms. The van der Waals surface area contributed by atoms with Crippen molar-refractivity contribution in [1.82, 2.24) is 5.32 Å². The summed E-state index contributed by atoms with van der Waals surface area (Å²) in [5, 5.41) is 12.9. The molecule has 1 aliphatic rings. The molecule has 1 radical (unpaired) electrons. The van der Waals surface area contributed by atoms with Gasteiger partial charge in [-0.2, -0.15) is 5.26 Å². The fourth-order valence-corrected chi connectivity index (χ4v) is 2.74. The van der Waals surface area contributed by atoms with Crippen LogP contribution in [0.15, 0.2) is 30.3 Å². The predicted molar refractivity (Wildman–Crippen MR) is 69.3 cm³/mol. The molecular weight excluding hydrogens is 208 g/mol. The van der Waals surface area contributed by atoms with E-state index in [2.05, 4.69) is 30.4 Å². The highest BCUT2D eigenvalue weighted by atomic mass is 14.9. The lowest BCUT2D eigenvalue weighted by Crippen LogP contribution is -2.39. The van der Waals surface area contributed by atoms with Gasteiger partial charge >= 0.3 is 0 Å². The Morgan fingerprint density at radius 3 is 2.47 bits per heavy atom. The number of hydrogen-bond acceptors (Lipinski definition) is 2. The van der Waals surface area contributed by atoms with Crippen molar-refractivity contribution in [1.29, 1.82) is 5.26 Å². The van der Waals surface area contributed by atoms with E-state index in [1.807, 2.05) is 18.2 Å². The van der Waals surface area contributed by atoms with Crippen molar-refractivity contribution >= 4 is 0 Å². The minimum Gasteiger partial charge on any atom is -0.314 e. The Morgan fingerprint density at radius 2 is 1.94 bits per heavy atom. The molecule has 0 aliphatic heterocycles. The molecule has 1 aromatic rings. The normalized spacial score (nSPS) is 28.6. The van der Waals surface area contributed by atoms with Gasteiger partial charge in [0.05, 0.1) is 11.5 Å². The van der Waals surface area contributed by atoms with Gasteiger partial charge in [0.25, 0.3) is 0 Å². The second kappa shape index (κ2) is 5.33. The van der Waals surface area contributed by atoms with Crippen molar-refractivity contribution in [2.24, 2.45) is 0 Å². The fraction of sp³-hybridized carbons (Fsp3) is 0.467. The van der Waals surface area contributed by atoms with Crippen LogP contribution < -0.4 is 5.32 Å². The smallest absolute Gasteiger partial charge is 0.0823 e. The van der Waals surface area contributed by atoms with Gasteiger partial charge < -0.3 is 5.32 Å². The molecule has 0 unspecified atom stereocenters. The molecule has 0 spiro atoms. The van der Waals surface area contributed by atoms with E-state index in [1.165, 1.54) is 5.56 Å². The van der Waals surface area contributed by atoms with Crippen molar-refractivity contribution in [3.63, 3.8) is 0 Å². The van der Waals surface area contributed by atoms with Crippen molar-refractivity contribution in [2.75, 3.05) is 6.54 Å². The molecule has 0 atom stereocenters. The first kappa shape index (κ1) is 12.1. The zero-order valence-corrected chi connectivity index (χ0v) is 10.2. The van der Waals surface area contributed by atoms with E-state index in [4.69, 9.17) is 0 Å². The molecular formula is C15H19N2. The molecule has 89 valence electrons. The summed E-state index contributed by atoms with van der Waals surface area (Å²) in [7, 11) is 0. The van der Waals surface area contributed by atoms with Crippen LogP contribution in [0.2, 0.25) is 0 Å². The number of nitrogens with one attached hydrogen (secondary N) is 1. The Bertz CT molecular complexity index is 383. The molecule has 1 fully saturated rings. The molecule has 0 saturated heterocycles. The molecule has 2 heteroatoms. The van der Waals surface area contributed by atoms with Crippen LogP contribution in [0, 0.1) is 18.3 Å². The van der Waals surface area contributed by atoms with E-state index in [0.717, 1.165) is 32.2 Å². The van der Waals surface area contributed by atoms with Crippen LogP contribution in [0.3, 0.4) is 0 Å². The molecule has 1 aliphatic carbocycles. The molecule has 2 nitrogen and oxygen atoms in total. The van der Waals surface area contributed by atoms with Crippen LogP contribution >= 0.6 is 0 Å². The van der Waals surface area contributed by atoms with Crippen molar-refractivity contribution in [2.45, 2.75) is 37.1 Å². The third-order valence-corrected chi connectivity index (χ3v) is 3.81. The lowest BCUT2D eigenvalue weighted by Gasteiger charge is -2.35. The van der Waals surface area contributed by atoms with E-state index in [0.29, 0.717) is 6.04 Å². The van der Waals surface area contributed by atoms with E-state index < -0.39 is 0 Å². The molecule has 0 heterocycles. The summed E-state index contributed by atoms with van der Waals surface area (Å²) in [4.78, 5) is 0. The first-order chi connectivity index (χ1) is 8.30. The van der Waals surface area contributed by atoms with Crippen LogP contribution in [0.1, 0.15) is 31.2 Å². The first-order valence-corrected chi connectivity index (χ1v) is 6.30. The number of nitrogens with zero attached hydrogens (tertiary/aromatic N) is 1. The van der Waals surface area contributed by atoms with E-state index in [9.17, 15) is 5.26 Å². The van der Waals surface area contributed by atoms with Gasteiger partial charge in [-0.1, -0.05) is 30.3 Å². The molecule has 17 heavy (non-hydrogen) atoms. The number of benzene rings is 1. The number of nitriles is 1. The summed E-state index contributed by atoms with van der Waals surface area (Å²) < 4.78 is 0. The fourth-order valence-electron chi connectivity index (χ4n) is 2.74. The minimum absolute atomic E-state index is 0.263. The quantitative estimate of drug-likeness (QED) is 0.862. The lowest BCUT2D eigenvalue weighted by molar-refractivity contribution is 0.301. The van der Waals surface area contributed by atoms with E-state index >= 15 is 0 Å². The summed E-state index contributed by atoms with van der Waals surface area (Å²) in [5.41, 5.74) is 0.913. The lowest BCUT2D eigenvalue weighted by atomic mass is 9.69. The predicted octanol–water partition coefficient (Wildman–Crippen LogP) is 2.81. The standard InChI is InChI=1S/C15H19N2/c1-2-17-14-8-10-15(12-16,11-9-14)13-6-4-3-5-7-13/h3-7,14,17H,1-2,8-11H2/t14-,15+. The van der Waals surface area contributed by atoms with Crippen LogP contribution in [0.25, 0.3) is 0 Å². The average Bonchev–Trinajstić information content (AvgIpc) is 2.41. The second-order valence-corrected chi connectivity index (χ2v) is 4.79. The molecule has 1 N–H and O–H groups in total. The zero-order valence-electron chi connectivity index (χ0n) is 10.2. The van der Waals surface area contributed by atoms with Crippen molar-refractivity contribution < 1.29 is 0 Å². The molecule has 0 aromatic heterocycles. The van der Waals surface area contributed by atoms with Gasteiger partial charge in [0, 0.05) is 6.04 Å². The van der Waals surface area contributed by atoms with Gasteiger partial charge in [0.2, 0.25) is 0 Å². The van der Waals surface area contributed by atoms with Crippen molar-refractivity contribution in [3.8, 4) is 6.07 Å². The highest BCUT2D eigenvalue weighted by Gasteiger charge is 2.36. The molecule has 1 saturated carbocycles. The van der Waals surface area contributed by atoms with Gasteiger partial charge in [-0.25, -0.2) is 0 Å². The monoisotopic (exact) mass is 227 g/mol. The van der Waals surface area contributed by atoms with Crippen LogP contribution in [0.4, 0.5) is 0 Å². The van der Waals surface area contributed by atoms with Gasteiger partial charge in [-0.3, -0.25) is 0 Å². The maximum absolute atomic E-state index is 9.53. The number of hydrogen-bond donors (Lipinski definition) is 1. The third-order valence-electron chi connectivity index (χ3n) is 3.81. The Morgan fingerprint density at radius 1 is 1.29 bits per heavy atom. The Balaban J connectivity index is 2.12. The molecule has 2 rings (SSSR count). The van der Waals surface area contributed by atoms with Gasteiger partial charge in [0.15, 0.2) is 0 Å². The van der Waals surface area contributed by atoms with Crippen LogP contribution in [-0.4, -0.2) is 12.6 Å². The summed E-state index contributed by atoms with van der Waals surface area (Å²) in [6.45, 7) is 4.59. The number of rotatable bonds is 3. The van der Waals surface area contributed by atoms with Gasteiger partial charge in [0.1, 0.15) is 0 Å². The SMILES string of the molecule is [CH2]CN[C@H]1CC[C@@](C#N)(c2ccccc2)CC1. The van der Waals surface area contributed by atoms with Gasteiger partial charge in [-0.05, 0) is 44.7 Å². The largest absolute Gasteiger partial charge is 0.314 e. The Hall–Kier alpha value is -1.33. The maximum atomic E-state index is 9.53. The van der Waals surface area contributed by atoms with E-state index in [1.54, 1.807) is 0 Å². The zero-order chi connectivity index (χ0) is 12.1. The maximum Gasteiger partial charge on any atom is 0.0823 e. The first-order valence-electron chi connectivity index (χ1n) is 6.30. The summed E-state index contributed by atoms with van der Waals surface area (Å²) in [6, 6.07) is 13.3. The summed E-state index contributed by atoms with van der Waals surface area (Å²) in [5.74, 6) is 0. The Kier molecular flexibility index (Phi) is 3.81. The average molecular weight is 227 g/mol. The van der Waals surface area contributed by atoms with Crippen LogP contribution in [-0.2, 0) is 5.41 Å². The Labute approximate surface area is 104 Å². The highest BCUT2D eigenvalue weighted by Crippen LogP contribution is 2.38. The molecule has 1 aromatic carbocycles. The minimum atomic E-state index is -0.263. The van der Waals surface area contributed by atoms with E-state index in [-0.39, 0.29) is 5.41 Å². The van der Waals surface area contributed by atoms with Crippen molar-refractivity contribution in [3.05, 3.63) is 42.8 Å². The summed E-state index contributed by atoms with van der Waals surface area (Å²) in [6.07, 6.45) is 4.03. The third kappa shape index (κ3) is 2.50. The highest BCUT2D eigenvalue weighted by molar-refractivity contribution is 5.33. The summed E-state index contributed by atoms with van der Waals surface area (Å²) >= 11 is 0. The topological polar surface area (TPSA) is 35.8 Å². The molecule has 0 amide bonds. The van der Waals surface area contributed by atoms with Crippen LogP contribution in [0.5, 0.6) is 0 Å². The van der Waals surface area contributed by atoms with Gasteiger partial charge in [-0.15, -0.1) is 0 Å².